The van der Waals surface area contributed by atoms with Crippen LogP contribution in [0.15, 0.2) is 35.7 Å². The molecular formula is C47H66N14O10. The number of aliphatic carboxylic acids is 1. The summed E-state index contributed by atoms with van der Waals surface area (Å²) in [4.78, 5) is 136. The van der Waals surface area contributed by atoms with Crippen LogP contribution < -0.4 is 54.0 Å². The summed E-state index contributed by atoms with van der Waals surface area (Å²) in [5.41, 5.74) is 12.8. The Morgan fingerprint density at radius 2 is 1.55 bits per heavy atom. The molecule has 8 amide bonds. The van der Waals surface area contributed by atoms with Gasteiger partial charge in [0.15, 0.2) is 5.96 Å². The number of nitrogens with zero attached hydrogens (tertiary/aromatic N) is 3. The number of hydrogen-bond donors (Lipinski definition) is 12. The van der Waals surface area contributed by atoms with Crippen molar-refractivity contribution in [3.63, 3.8) is 0 Å². The summed E-state index contributed by atoms with van der Waals surface area (Å²) in [6.07, 6.45) is 3.13. The molecule has 3 aromatic rings. The Kier molecular flexibility index (Phi) is 17.1. The van der Waals surface area contributed by atoms with E-state index in [1.165, 1.54) is 6.33 Å². The van der Waals surface area contributed by atoms with Crippen LogP contribution in [-0.4, -0.2) is 134 Å². The second kappa shape index (κ2) is 22.9. The minimum absolute atomic E-state index is 0.0333. The minimum Gasteiger partial charge on any atom is -0.480 e. The molecule has 24 heteroatoms. The molecule has 24 nitrogen and oxygen atoms in total. The average molecular weight is 987 g/mol. The standard InChI is InChI=1S/C47H66N14O10/c1-21(2)14-31-43(67)59-37(23(5)6)44(68)58-32-17-27-26-10-9-24(36(22(3)4)38(45(69)57-31)60-41(65)29-11-12-34(62)53-29)15-30(26)55-39(27)61-19-25(52-20-61)16-33(46(70)71)54-35(63)18-51-40(64)28(56-42(32)66)8-7-13-50-47(48)49/h9-10,15,19-23,28-29,31-33,36-38,55H,7-8,11-14,16-18H2,1-6H3,(H,51,64)(H,53,62)(H,54,63)(H,56,66)(H,57,69)(H,58,68)(H,59,67)(H,60,65)(H,70,71)(H4,48,49,50)/t28-,29-,31-,32-,33?,36+,37-,38-/m0/s1. The van der Waals surface area contributed by atoms with Gasteiger partial charge in [-0.05, 0) is 55.1 Å². The first kappa shape index (κ1) is 52.8. The van der Waals surface area contributed by atoms with Gasteiger partial charge in [-0.15, -0.1) is 0 Å². The van der Waals surface area contributed by atoms with E-state index < -0.39 is 108 Å². The van der Waals surface area contributed by atoms with Crippen molar-refractivity contribution < 1.29 is 48.3 Å². The van der Waals surface area contributed by atoms with Gasteiger partial charge in [0.25, 0.3) is 0 Å². The van der Waals surface area contributed by atoms with Crippen molar-refractivity contribution in [2.24, 2.45) is 34.2 Å². The number of fused-ring (bicyclic) bond motifs is 13. The lowest BCUT2D eigenvalue weighted by Gasteiger charge is -2.33. The third-order valence-corrected chi connectivity index (χ3v) is 12.8. The monoisotopic (exact) mass is 987 g/mol. The Bertz CT molecular complexity index is 2560. The third-order valence-electron chi connectivity index (χ3n) is 12.8. The fraction of sp³-hybridized carbons (Fsp3) is 0.553. The summed E-state index contributed by atoms with van der Waals surface area (Å²) in [5.74, 6) is -8.44. The van der Waals surface area contributed by atoms with Crippen LogP contribution in [0.5, 0.6) is 0 Å². The number of benzene rings is 1. The highest BCUT2D eigenvalue weighted by atomic mass is 16.4. The van der Waals surface area contributed by atoms with E-state index in [9.17, 15) is 48.3 Å². The first-order valence-corrected chi connectivity index (χ1v) is 23.9. The van der Waals surface area contributed by atoms with E-state index in [1.54, 1.807) is 42.8 Å². The Balaban J connectivity index is 1.57. The normalized spacial score (nSPS) is 24.9. The van der Waals surface area contributed by atoms with Gasteiger partial charge in [-0.1, -0.05) is 53.7 Å². The smallest absolute Gasteiger partial charge is 0.326 e. The summed E-state index contributed by atoms with van der Waals surface area (Å²) in [6, 6.07) is -3.50. The maximum absolute atomic E-state index is 14.8. The molecule has 8 atom stereocenters. The number of aromatic amines is 1. The highest BCUT2D eigenvalue weighted by Gasteiger charge is 2.40. The number of carbonyl (C=O) groups excluding carboxylic acids is 8. The quantitative estimate of drug-likeness (QED) is 0.0444. The number of carboxylic acids is 1. The summed E-state index contributed by atoms with van der Waals surface area (Å²) in [5, 5.41) is 32.4. The third kappa shape index (κ3) is 13.2. The summed E-state index contributed by atoms with van der Waals surface area (Å²) in [6.45, 7) is 10.3. The van der Waals surface area contributed by atoms with E-state index >= 15 is 0 Å². The first-order valence-electron chi connectivity index (χ1n) is 23.9. The van der Waals surface area contributed by atoms with Crippen molar-refractivity contribution in [2.45, 2.75) is 135 Å². The zero-order valence-electron chi connectivity index (χ0n) is 40.7. The SMILES string of the molecule is CC(C)C[C@@H]1NC(=O)[C@@H](NC(=O)[C@@H]2CCC(=O)N2)[C@H](C(C)C)c2ccc3c4c([nH]c3c2)-n2cnc(c2)CC(C(=O)O)NC(=O)CNC(=O)[C@H](CCCN=C(N)N)NC(=O)[C@H](C4)NC(=O)[C@H](C(C)C)NC1=O. The van der Waals surface area contributed by atoms with Crippen LogP contribution in [0.2, 0.25) is 0 Å². The van der Waals surface area contributed by atoms with E-state index in [0.717, 1.165) is 0 Å². The van der Waals surface area contributed by atoms with Gasteiger partial charge in [0.05, 0.1) is 12.2 Å². The molecule has 71 heavy (non-hydrogen) atoms. The van der Waals surface area contributed by atoms with E-state index in [4.69, 9.17) is 11.5 Å². The molecule has 2 aromatic heterocycles. The second-order valence-corrected chi connectivity index (χ2v) is 19.5. The second-order valence-electron chi connectivity index (χ2n) is 19.5. The maximum Gasteiger partial charge on any atom is 0.326 e. The Hall–Kier alpha value is -7.53. The fourth-order valence-electron chi connectivity index (χ4n) is 9.25. The lowest BCUT2D eigenvalue weighted by atomic mass is 9.81. The molecule has 1 fully saturated rings. The number of H-pyrrole nitrogens is 1. The summed E-state index contributed by atoms with van der Waals surface area (Å²) < 4.78 is 1.58. The number of imidazole rings is 1. The highest BCUT2D eigenvalue weighted by Crippen LogP contribution is 2.35. The summed E-state index contributed by atoms with van der Waals surface area (Å²) in [7, 11) is 0. The number of aromatic nitrogens is 3. The average Bonchev–Trinajstić information content (AvgIpc) is 4.04. The van der Waals surface area contributed by atoms with Crippen LogP contribution in [0.4, 0.5) is 0 Å². The van der Waals surface area contributed by atoms with E-state index in [0.29, 0.717) is 27.8 Å². The number of guanidine groups is 1. The number of nitrogens with one attached hydrogen (secondary N) is 9. The lowest BCUT2D eigenvalue weighted by Crippen LogP contribution is -2.61. The molecule has 0 radical (unpaired) electrons. The predicted molar refractivity (Wildman–Crippen MR) is 258 cm³/mol. The Labute approximate surface area is 409 Å². The van der Waals surface area contributed by atoms with Gasteiger partial charge in [-0.2, -0.15) is 0 Å². The number of nitrogens with two attached hydrogens (primary N) is 2. The molecule has 1 unspecified atom stereocenters. The molecule has 7 rings (SSSR count). The predicted octanol–water partition coefficient (Wildman–Crippen LogP) is -1.65. The zero-order chi connectivity index (χ0) is 51.8. The molecule has 0 aliphatic carbocycles. The molecule has 7 bridgehead atoms. The Morgan fingerprint density at radius 1 is 0.831 bits per heavy atom. The highest BCUT2D eigenvalue weighted by molar-refractivity contribution is 5.99. The molecule has 14 N–H and O–H groups in total. The van der Waals surface area contributed by atoms with Gasteiger partial charge in [0.2, 0.25) is 47.3 Å². The Morgan fingerprint density at radius 3 is 2.20 bits per heavy atom. The fourth-order valence-corrected chi connectivity index (χ4v) is 9.25. The number of hydrogen-bond acceptors (Lipinski definition) is 11. The van der Waals surface area contributed by atoms with Crippen molar-refractivity contribution in [1.82, 2.24) is 57.1 Å². The van der Waals surface area contributed by atoms with E-state index in [-0.39, 0.29) is 80.9 Å². The first-order chi connectivity index (χ1) is 33.6. The topological polar surface area (TPSA) is 368 Å². The zero-order valence-corrected chi connectivity index (χ0v) is 40.7. The number of carbonyl (C=O) groups is 9. The van der Waals surface area contributed by atoms with Crippen molar-refractivity contribution in [3.8, 4) is 5.82 Å². The van der Waals surface area contributed by atoms with Gasteiger partial charge < -0.3 is 64.1 Å². The van der Waals surface area contributed by atoms with Crippen LogP contribution in [0.1, 0.15) is 96.4 Å². The number of carboxylic acid groups (broad SMARTS) is 1. The number of amides is 8. The van der Waals surface area contributed by atoms with Gasteiger partial charge in [0.1, 0.15) is 54.4 Å². The summed E-state index contributed by atoms with van der Waals surface area (Å²) >= 11 is 0. The van der Waals surface area contributed by atoms with Gasteiger partial charge in [0, 0.05) is 54.4 Å². The lowest BCUT2D eigenvalue weighted by molar-refractivity contribution is -0.141. The van der Waals surface area contributed by atoms with Crippen LogP contribution in [0, 0.1) is 17.8 Å². The van der Waals surface area contributed by atoms with Crippen LogP contribution >= 0.6 is 0 Å². The van der Waals surface area contributed by atoms with Gasteiger partial charge >= 0.3 is 5.97 Å². The molecule has 4 aliphatic heterocycles. The van der Waals surface area contributed by atoms with Crippen LogP contribution in [0.25, 0.3) is 16.7 Å². The van der Waals surface area contributed by atoms with E-state index in [1.807, 2.05) is 27.7 Å². The minimum atomic E-state index is -1.46. The molecule has 1 saturated heterocycles. The van der Waals surface area contributed by atoms with Gasteiger partial charge in [-0.3, -0.25) is 47.9 Å². The molecule has 6 heterocycles. The van der Waals surface area contributed by atoms with Crippen molar-refractivity contribution >= 4 is 70.1 Å². The van der Waals surface area contributed by atoms with Crippen molar-refractivity contribution in [2.75, 3.05) is 13.1 Å². The maximum atomic E-state index is 14.8. The molecular weight excluding hydrogens is 921 g/mol. The van der Waals surface area contributed by atoms with Crippen LogP contribution in [0.3, 0.4) is 0 Å². The molecule has 0 spiro atoms. The van der Waals surface area contributed by atoms with Crippen LogP contribution in [-0.2, 0) is 56.0 Å². The molecule has 384 valence electrons. The van der Waals surface area contributed by atoms with Crippen molar-refractivity contribution in [1.29, 1.82) is 0 Å². The van der Waals surface area contributed by atoms with Crippen molar-refractivity contribution in [3.05, 3.63) is 47.5 Å². The largest absolute Gasteiger partial charge is 0.480 e. The van der Waals surface area contributed by atoms with E-state index in [2.05, 4.69) is 57.5 Å². The molecule has 4 aliphatic rings. The molecule has 1 aromatic carbocycles. The van der Waals surface area contributed by atoms with Gasteiger partial charge in [-0.25, -0.2) is 9.78 Å². The number of aliphatic imine (C=N–C) groups is 1. The molecule has 0 saturated carbocycles. The number of rotatable bonds is 11.